The largest absolute Gasteiger partial charge is 0.504 e. The van der Waals surface area contributed by atoms with Gasteiger partial charge in [0.15, 0.2) is 11.5 Å². The van der Waals surface area contributed by atoms with Crippen molar-refractivity contribution in [2.45, 2.75) is 104 Å². The van der Waals surface area contributed by atoms with Crippen molar-refractivity contribution in [1.82, 2.24) is 14.9 Å². The Morgan fingerprint density at radius 1 is 0.984 bits per heavy atom. The molecular formula is C51H60N4O6. The van der Waals surface area contributed by atoms with Gasteiger partial charge in [-0.05, 0) is 109 Å². The second-order valence-corrected chi connectivity index (χ2v) is 17.9. The van der Waals surface area contributed by atoms with Gasteiger partial charge in [0, 0.05) is 74.8 Å². The summed E-state index contributed by atoms with van der Waals surface area (Å²) in [5.41, 5.74) is 5.46. The Labute approximate surface area is 359 Å². The molecule has 2 spiro atoms. The molecule has 4 atom stereocenters. The van der Waals surface area contributed by atoms with E-state index in [9.17, 15) is 19.5 Å². The van der Waals surface area contributed by atoms with Gasteiger partial charge in [-0.25, -0.2) is 0 Å². The summed E-state index contributed by atoms with van der Waals surface area (Å²) in [5.74, 6) is 1.20. The van der Waals surface area contributed by atoms with E-state index in [0.29, 0.717) is 31.7 Å². The van der Waals surface area contributed by atoms with Crippen LogP contribution >= 0.6 is 0 Å². The first-order valence-corrected chi connectivity index (χ1v) is 22.1. The van der Waals surface area contributed by atoms with Crippen molar-refractivity contribution < 1.29 is 29.0 Å². The van der Waals surface area contributed by atoms with Crippen molar-refractivity contribution in [3.63, 3.8) is 0 Å². The van der Waals surface area contributed by atoms with Crippen LogP contribution in [0.4, 0.5) is 5.69 Å². The number of benzene rings is 2. The van der Waals surface area contributed by atoms with Crippen LogP contribution in [-0.2, 0) is 32.0 Å². The number of H-pyrrole nitrogens is 1. The van der Waals surface area contributed by atoms with Gasteiger partial charge in [-0.3, -0.25) is 14.4 Å². The second-order valence-electron chi connectivity index (χ2n) is 17.9. The Hall–Kier alpha value is -5.77. The highest BCUT2D eigenvalue weighted by Gasteiger charge is 2.41. The normalized spacial score (nSPS) is 24.2. The van der Waals surface area contributed by atoms with Crippen LogP contribution in [0, 0.1) is 16.7 Å². The smallest absolute Gasteiger partial charge is 0.302 e. The molecule has 0 amide bonds. The Morgan fingerprint density at radius 3 is 2.54 bits per heavy atom. The third kappa shape index (κ3) is 8.86. The summed E-state index contributed by atoms with van der Waals surface area (Å²) in [6, 6.07) is 11.0. The summed E-state index contributed by atoms with van der Waals surface area (Å²) in [6.07, 6.45) is 29.7. The molecule has 0 radical (unpaired) electrons. The molecule has 8 rings (SSSR count). The highest BCUT2D eigenvalue weighted by molar-refractivity contribution is 5.95. The maximum atomic E-state index is 14.4. The van der Waals surface area contributed by atoms with Crippen LogP contribution in [0.15, 0.2) is 109 Å². The Morgan fingerprint density at radius 2 is 1.79 bits per heavy atom. The molecule has 2 aromatic carbocycles. The molecule has 2 aromatic heterocycles. The number of ketones is 2. The average Bonchev–Trinajstić information content (AvgIpc) is 4.01. The lowest BCUT2D eigenvalue weighted by atomic mass is 9.66. The molecule has 4 heterocycles. The Bertz CT molecular complexity index is 2410. The predicted octanol–water partition coefficient (Wildman–Crippen LogP) is 9.60. The lowest BCUT2D eigenvalue weighted by Crippen LogP contribution is -2.37. The van der Waals surface area contributed by atoms with Crippen LogP contribution in [0.3, 0.4) is 0 Å². The molecule has 2 aliphatic carbocycles. The zero-order chi connectivity index (χ0) is 42.7. The summed E-state index contributed by atoms with van der Waals surface area (Å²) in [7, 11) is 1.51. The molecule has 320 valence electrons. The number of carbonyl (C=O) groups excluding carboxylic acids is 3. The van der Waals surface area contributed by atoms with Crippen LogP contribution in [0.1, 0.15) is 101 Å². The van der Waals surface area contributed by atoms with Gasteiger partial charge in [-0.1, -0.05) is 68.3 Å². The summed E-state index contributed by atoms with van der Waals surface area (Å²) in [6.45, 7) is 6.51. The molecule has 10 heteroatoms. The van der Waals surface area contributed by atoms with Crippen LogP contribution < -0.4 is 15.0 Å². The third-order valence-electron chi connectivity index (χ3n) is 13.9. The number of aromatic amines is 1. The molecular weight excluding hydrogens is 765 g/mol. The van der Waals surface area contributed by atoms with Crippen molar-refractivity contribution in [2.75, 3.05) is 25.1 Å². The average molecular weight is 825 g/mol. The molecule has 4 aromatic rings. The van der Waals surface area contributed by atoms with Gasteiger partial charge in [0.05, 0.1) is 18.8 Å². The number of methoxy groups -OCH3 is 1. The highest BCUT2D eigenvalue weighted by atomic mass is 16.5. The number of ether oxygens (including phenoxy) is 2. The number of hydrogen-bond donors (Lipinski definition) is 3. The van der Waals surface area contributed by atoms with Gasteiger partial charge in [0.1, 0.15) is 23.5 Å². The molecule has 2 aliphatic heterocycles. The number of carbonyl (C=O) groups is 3. The minimum absolute atomic E-state index is 0.0128. The van der Waals surface area contributed by atoms with E-state index in [1.165, 1.54) is 43.6 Å². The number of dihydropyridines is 1. The first kappa shape index (κ1) is 41.9. The second kappa shape index (κ2) is 17.7. The van der Waals surface area contributed by atoms with E-state index in [1.54, 1.807) is 19.1 Å². The third-order valence-corrected chi connectivity index (χ3v) is 13.9. The number of allylic oxidation sites excluding steroid dienone is 6. The van der Waals surface area contributed by atoms with Gasteiger partial charge in [-0.2, -0.15) is 0 Å². The molecule has 61 heavy (non-hydrogen) atoms. The van der Waals surface area contributed by atoms with Gasteiger partial charge in [-0.15, -0.1) is 0 Å². The zero-order valence-electron chi connectivity index (χ0n) is 36.0. The number of aromatic hydroxyl groups is 1. The fourth-order valence-corrected chi connectivity index (χ4v) is 10.5. The standard InChI is InChI=1S/C51H60N4O6/c1-34-10-5-6-18-50(34)21-15-43(61-36(3)57)26-42(58)27-46(37-13-14-47(59)48(24-37)60-4)54-32-38-11-9-12-45(44(38)33-54)55(23-17-35(2)56)49-25-41(16-22-53-49)51(19-7-8-20-51)29-40-31-52-30-39(40)28-50/h5-6,9-14,16,18,24-25,30-34,43,46,52-53,59H,7-8,15,17,19-23,26-29H2,1-4H3. The minimum atomic E-state index is -0.596. The topological polar surface area (TPSA) is 126 Å². The van der Waals surface area contributed by atoms with Crippen LogP contribution in [0.25, 0.3) is 10.8 Å². The predicted molar refractivity (Wildman–Crippen MR) is 240 cm³/mol. The molecule has 1 fully saturated rings. The molecule has 3 N–H and O–H groups in total. The summed E-state index contributed by atoms with van der Waals surface area (Å²) in [5, 5.41) is 16.3. The van der Waals surface area contributed by atoms with Crippen LogP contribution in [0.5, 0.6) is 11.5 Å². The molecule has 0 saturated heterocycles. The van der Waals surface area contributed by atoms with Gasteiger partial charge >= 0.3 is 5.97 Å². The molecule has 4 bridgehead atoms. The van der Waals surface area contributed by atoms with Crippen molar-refractivity contribution in [1.29, 1.82) is 0 Å². The fourth-order valence-electron chi connectivity index (χ4n) is 10.5. The van der Waals surface area contributed by atoms with Crippen molar-refractivity contribution >= 4 is 34.0 Å². The van der Waals surface area contributed by atoms with Crippen molar-refractivity contribution in [3.05, 3.63) is 126 Å². The van der Waals surface area contributed by atoms with Crippen LogP contribution in [-0.4, -0.2) is 58.5 Å². The first-order chi connectivity index (χ1) is 29.5. The number of anilines is 1. The van der Waals surface area contributed by atoms with Gasteiger partial charge in [0.2, 0.25) is 0 Å². The minimum Gasteiger partial charge on any atom is -0.504 e. The number of phenolic OH excluding ortho intramolecular Hbond substituents is 1. The number of Topliss-reactive ketones (excluding diaryl/α,β-unsaturated/α-hetero) is 2. The maximum absolute atomic E-state index is 14.4. The summed E-state index contributed by atoms with van der Waals surface area (Å²) >= 11 is 0. The van der Waals surface area contributed by atoms with Crippen molar-refractivity contribution in [2.24, 2.45) is 16.7 Å². The number of nitrogens with zero attached hydrogens (tertiary/aromatic N) is 2. The number of hydrogen-bond acceptors (Lipinski definition) is 8. The van der Waals surface area contributed by atoms with E-state index < -0.39 is 18.1 Å². The number of rotatable bonds is 6. The van der Waals surface area contributed by atoms with E-state index in [2.05, 4.69) is 100 Å². The van der Waals surface area contributed by atoms with E-state index in [-0.39, 0.29) is 46.9 Å². The van der Waals surface area contributed by atoms with Gasteiger partial charge < -0.3 is 34.3 Å². The monoisotopic (exact) mass is 824 g/mol. The maximum Gasteiger partial charge on any atom is 0.302 e. The lowest BCUT2D eigenvalue weighted by Gasteiger charge is -2.39. The first-order valence-electron chi connectivity index (χ1n) is 22.1. The zero-order valence-corrected chi connectivity index (χ0v) is 36.0. The molecule has 10 nitrogen and oxygen atoms in total. The summed E-state index contributed by atoms with van der Waals surface area (Å²) < 4.78 is 13.6. The Kier molecular flexibility index (Phi) is 12.2. The van der Waals surface area contributed by atoms with E-state index >= 15 is 0 Å². The fraction of sp³-hybridized carbons (Fsp3) is 0.431. The highest BCUT2D eigenvalue weighted by Crippen LogP contribution is 2.50. The number of nitrogens with one attached hydrogen (secondary N) is 2. The SMILES string of the molecule is COc1cc(C2CC(=O)CC(OC(C)=O)CCC3(C=CC=CC3C)Cc3c[nH]cc3CC3(CCCC3)C3=CCNC(=C3)N(CCC(C)=O)c3cccc4cn2cc34)ccc1O. The van der Waals surface area contributed by atoms with Crippen molar-refractivity contribution in [3.8, 4) is 11.5 Å². The van der Waals surface area contributed by atoms with E-state index in [4.69, 9.17) is 9.47 Å². The lowest BCUT2D eigenvalue weighted by molar-refractivity contribution is -0.148. The summed E-state index contributed by atoms with van der Waals surface area (Å²) in [4.78, 5) is 45.5. The van der Waals surface area contributed by atoms with Gasteiger partial charge in [0.25, 0.3) is 0 Å². The number of aromatic nitrogens is 2. The number of phenols is 1. The van der Waals surface area contributed by atoms with Crippen LogP contribution in [0.2, 0.25) is 0 Å². The Balaban J connectivity index is 1.28. The van der Waals surface area contributed by atoms with E-state index in [1.807, 2.05) is 12.1 Å². The molecule has 4 unspecified atom stereocenters. The molecule has 1 saturated carbocycles. The van der Waals surface area contributed by atoms with E-state index in [0.717, 1.165) is 59.9 Å². The molecule has 4 aliphatic rings. The quantitative estimate of drug-likeness (QED) is 0.164. The number of esters is 1. The number of fused-ring (bicyclic) bond motifs is 4.